The number of thiocarbonyl (C=S) groups is 1. The number of halogens is 1. The Morgan fingerprint density at radius 3 is 2.52 bits per heavy atom. The molecule has 0 aromatic heterocycles. The monoisotopic (exact) mass is 468 g/mol. The summed E-state index contributed by atoms with van der Waals surface area (Å²) in [6, 6.07) is 13.1. The molecular weight excluding hydrogens is 447 g/mol. The molecule has 0 radical (unpaired) electrons. The van der Waals surface area contributed by atoms with Crippen LogP contribution >= 0.6 is 34.8 Å². The largest absolute Gasteiger partial charge is 0.494 e. The molecule has 2 N–H and O–H groups in total. The van der Waals surface area contributed by atoms with Crippen molar-refractivity contribution in [2.45, 2.75) is 26.7 Å². The summed E-state index contributed by atoms with van der Waals surface area (Å²) in [5, 5.41) is 6.10. The average molecular weight is 468 g/mol. The van der Waals surface area contributed by atoms with E-state index in [1.54, 1.807) is 24.3 Å². The van der Waals surface area contributed by atoms with Gasteiger partial charge in [-0.25, -0.2) is 0 Å². The van der Waals surface area contributed by atoms with E-state index >= 15 is 0 Å². The zero-order chi connectivity index (χ0) is 18.2. The first-order valence-electron chi connectivity index (χ1n) is 8.17. The molecule has 0 unspecified atom stereocenters. The maximum Gasteiger partial charge on any atom is 0.257 e. The van der Waals surface area contributed by atoms with Gasteiger partial charge in [0.05, 0.1) is 6.61 Å². The lowest BCUT2D eigenvalue weighted by Crippen LogP contribution is -2.34. The molecule has 4 nitrogen and oxygen atoms in total. The van der Waals surface area contributed by atoms with Gasteiger partial charge in [0, 0.05) is 14.8 Å². The van der Waals surface area contributed by atoms with Crippen molar-refractivity contribution in [2.24, 2.45) is 0 Å². The van der Waals surface area contributed by atoms with E-state index in [1.165, 1.54) is 3.57 Å². The maximum absolute atomic E-state index is 12.3. The van der Waals surface area contributed by atoms with Gasteiger partial charge < -0.3 is 10.1 Å². The Morgan fingerprint density at radius 2 is 1.88 bits per heavy atom. The minimum absolute atomic E-state index is 0.247. The number of anilines is 1. The summed E-state index contributed by atoms with van der Waals surface area (Å²) < 4.78 is 6.68. The van der Waals surface area contributed by atoms with E-state index in [1.807, 2.05) is 19.1 Å². The minimum atomic E-state index is -0.247. The van der Waals surface area contributed by atoms with E-state index in [9.17, 15) is 4.79 Å². The summed E-state index contributed by atoms with van der Waals surface area (Å²) in [4.78, 5) is 12.3. The zero-order valence-electron chi connectivity index (χ0n) is 14.3. The first-order chi connectivity index (χ1) is 12.0. The van der Waals surface area contributed by atoms with Gasteiger partial charge >= 0.3 is 0 Å². The summed E-state index contributed by atoms with van der Waals surface area (Å²) in [5.74, 6) is 0.508. The highest BCUT2D eigenvalue weighted by Gasteiger charge is 2.10. The Hall–Kier alpha value is -1.67. The van der Waals surface area contributed by atoms with Crippen molar-refractivity contribution in [3.8, 4) is 5.75 Å². The van der Waals surface area contributed by atoms with Gasteiger partial charge in [0.1, 0.15) is 5.75 Å². The van der Waals surface area contributed by atoms with Crippen LogP contribution in [0.25, 0.3) is 0 Å². The van der Waals surface area contributed by atoms with Crippen molar-refractivity contribution in [1.82, 2.24) is 5.32 Å². The van der Waals surface area contributed by atoms with Crippen molar-refractivity contribution in [3.05, 3.63) is 57.2 Å². The second-order valence-electron chi connectivity index (χ2n) is 5.44. The summed E-state index contributed by atoms with van der Waals surface area (Å²) >= 11 is 7.54. The Kier molecular flexibility index (Phi) is 7.64. The third-order valence-electron chi connectivity index (χ3n) is 3.51. The second kappa shape index (κ2) is 9.72. The number of hydrogen-bond donors (Lipinski definition) is 2. The van der Waals surface area contributed by atoms with Crippen LogP contribution in [-0.4, -0.2) is 17.6 Å². The maximum atomic E-state index is 12.3. The van der Waals surface area contributed by atoms with E-state index in [0.29, 0.717) is 12.2 Å². The molecule has 2 rings (SSSR count). The van der Waals surface area contributed by atoms with Crippen LogP contribution in [0.3, 0.4) is 0 Å². The fraction of sp³-hybridized carbons (Fsp3) is 0.263. The van der Waals surface area contributed by atoms with Crippen LogP contribution in [0.2, 0.25) is 0 Å². The van der Waals surface area contributed by atoms with Crippen LogP contribution in [0.1, 0.15) is 36.2 Å². The molecule has 0 fully saturated rings. The smallest absolute Gasteiger partial charge is 0.257 e. The van der Waals surface area contributed by atoms with Crippen LogP contribution in [0.15, 0.2) is 42.5 Å². The lowest BCUT2D eigenvalue weighted by molar-refractivity contribution is 0.0977. The molecular formula is C19H21IN2O2S. The van der Waals surface area contributed by atoms with E-state index in [2.05, 4.69) is 46.2 Å². The average Bonchev–Trinajstić information content (AvgIpc) is 2.61. The number of nitrogens with one attached hydrogen (secondary N) is 2. The van der Waals surface area contributed by atoms with Gasteiger partial charge in [-0.3, -0.25) is 10.1 Å². The van der Waals surface area contributed by atoms with Crippen LogP contribution in [0.5, 0.6) is 5.75 Å². The highest BCUT2D eigenvalue weighted by atomic mass is 127. The molecule has 0 spiro atoms. The number of carbonyl (C=O) groups is 1. The van der Waals surface area contributed by atoms with Crippen LogP contribution in [0.4, 0.5) is 5.69 Å². The van der Waals surface area contributed by atoms with Gasteiger partial charge in [-0.2, -0.15) is 0 Å². The topological polar surface area (TPSA) is 50.4 Å². The lowest BCUT2D eigenvalue weighted by atomic mass is 10.1. The molecule has 132 valence electrons. The predicted octanol–water partition coefficient (Wildman–Crippen LogP) is 4.77. The number of aryl methyl sites for hydroxylation is 1. The fourth-order valence-corrected chi connectivity index (χ4v) is 2.99. The number of hydrogen-bond acceptors (Lipinski definition) is 3. The summed E-state index contributed by atoms with van der Waals surface area (Å²) in [6.07, 6.45) is 1.83. The minimum Gasteiger partial charge on any atom is -0.494 e. The number of amides is 1. The molecule has 0 aliphatic rings. The van der Waals surface area contributed by atoms with Gasteiger partial charge in [0.25, 0.3) is 5.91 Å². The van der Waals surface area contributed by atoms with E-state index in [-0.39, 0.29) is 11.0 Å². The molecule has 0 aliphatic heterocycles. The highest BCUT2D eigenvalue weighted by Crippen LogP contribution is 2.19. The van der Waals surface area contributed by atoms with E-state index in [4.69, 9.17) is 17.0 Å². The van der Waals surface area contributed by atoms with E-state index < -0.39 is 0 Å². The fourth-order valence-electron chi connectivity index (χ4n) is 2.23. The zero-order valence-corrected chi connectivity index (χ0v) is 17.2. The first kappa shape index (κ1) is 19.7. The quantitative estimate of drug-likeness (QED) is 0.474. The summed E-state index contributed by atoms with van der Waals surface area (Å²) in [5.41, 5.74) is 2.60. The van der Waals surface area contributed by atoms with Gasteiger partial charge in [-0.1, -0.05) is 13.8 Å². The van der Waals surface area contributed by atoms with Crippen molar-refractivity contribution in [2.75, 3.05) is 11.9 Å². The Bertz CT molecular complexity index is 748. The molecule has 0 saturated carbocycles. The van der Waals surface area contributed by atoms with Gasteiger partial charge in [0.15, 0.2) is 5.11 Å². The molecule has 0 heterocycles. The van der Waals surface area contributed by atoms with Crippen LogP contribution < -0.4 is 15.4 Å². The Balaban J connectivity index is 1.97. The van der Waals surface area contributed by atoms with Gasteiger partial charge in [-0.05, 0) is 95.7 Å². The molecule has 0 saturated heterocycles. The molecule has 6 heteroatoms. The number of benzene rings is 2. The molecule has 25 heavy (non-hydrogen) atoms. The molecule has 1 amide bonds. The molecule has 0 aliphatic carbocycles. The SMILES string of the molecule is CCCOc1ccc(C(=O)NC(=S)Nc2ccc(I)cc2CC)cc1. The number of carbonyl (C=O) groups excluding carboxylic acids is 1. The molecule has 0 bridgehead atoms. The van der Waals surface area contributed by atoms with Crippen molar-refractivity contribution in [1.29, 1.82) is 0 Å². The normalized spacial score (nSPS) is 10.2. The van der Waals surface area contributed by atoms with Crippen molar-refractivity contribution in [3.63, 3.8) is 0 Å². The highest BCUT2D eigenvalue weighted by molar-refractivity contribution is 14.1. The lowest BCUT2D eigenvalue weighted by Gasteiger charge is -2.13. The standard InChI is InChI=1S/C19H21IN2O2S/c1-3-11-24-16-8-5-14(6-9-16)18(23)22-19(25)21-17-10-7-15(20)12-13(17)4-2/h5-10,12H,3-4,11H2,1-2H3,(H2,21,22,23,25). The van der Waals surface area contributed by atoms with Crippen molar-refractivity contribution < 1.29 is 9.53 Å². The van der Waals surface area contributed by atoms with Gasteiger partial charge in [0.2, 0.25) is 0 Å². The third-order valence-corrected chi connectivity index (χ3v) is 4.39. The molecule has 2 aromatic rings. The summed E-state index contributed by atoms with van der Waals surface area (Å²) in [7, 11) is 0. The van der Waals surface area contributed by atoms with Crippen LogP contribution in [0, 0.1) is 3.57 Å². The third kappa shape index (κ3) is 5.97. The Labute approximate surface area is 167 Å². The Morgan fingerprint density at radius 1 is 1.16 bits per heavy atom. The number of ether oxygens (including phenoxy) is 1. The number of rotatable bonds is 6. The predicted molar refractivity (Wildman–Crippen MR) is 114 cm³/mol. The van der Waals surface area contributed by atoms with Gasteiger partial charge in [-0.15, -0.1) is 0 Å². The summed E-state index contributed by atoms with van der Waals surface area (Å²) in [6.45, 7) is 4.79. The molecule has 2 aromatic carbocycles. The second-order valence-corrected chi connectivity index (χ2v) is 7.09. The van der Waals surface area contributed by atoms with Crippen LogP contribution in [-0.2, 0) is 6.42 Å². The molecule has 0 atom stereocenters. The van der Waals surface area contributed by atoms with E-state index in [0.717, 1.165) is 29.8 Å². The first-order valence-corrected chi connectivity index (χ1v) is 9.65. The van der Waals surface area contributed by atoms with Crippen molar-refractivity contribution >= 4 is 51.5 Å².